The van der Waals surface area contributed by atoms with Crippen molar-refractivity contribution in [2.24, 2.45) is 11.3 Å². The number of hydrogen-bond donors (Lipinski definition) is 0. The van der Waals surface area contributed by atoms with Crippen LogP contribution in [-0.2, 0) is 14.4 Å². The molecule has 1 atom stereocenters. The van der Waals surface area contributed by atoms with Gasteiger partial charge in [0.15, 0.2) is 5.78 Å². The zero-order valence-corrected chi connectivity index (χ0v) is 15.6. The maximum absolute atomic E-state index is 12.9. The SMILES string of the molecule is CC(C)=CCC1(C)C(=O)N(C)C(=O)N(CC(=O)C2CCCCC2)C1=O. The summed E-state index contributed by atoms with van der Waals surface area (Å²) in [7, 11) is 1.37. The van der Waals surface area contributed by atoms with E-state index >= 15 is 0 Å². The van der Waals surface area contributed by atoms with Crippen molar-refractivity contribution in [1.82, 2.24) is 9.80 Å². The molecule has 0 spiro atoms. The molecule has 25 heavy (non-hydrogen) atoms. The number of barbiturate groups is 1. The number of amides is 4. The second kappa shape index (κ2) is 7.50. The van der Waals surface area contributed by atoms with Gasteiger partial charge in [-0.25, -0.2) is 4.79 Å². The van der Waals surface area contributed by atoms with Crippen LogP contribution in [0.25, 0.3) is 0 Å². The van der Waals surface area contributed by atoms with Gasteiger partial charge in [0.05, 0.1) is 6.54 Å². The van der Waals surface area contributed by atoms with Crippen LogP contribution >= 0.6 is 0 Å². The molecule has 2 aliphatic rings. The van der Waals surface area contributed by atoms with Crippen LogP contribution < -0.4 is 0 Å². The molecule has 0 aromatic heterocycles. The van der Waals surface area contributed by atoms with Gasteiger partial charge in [-0.15, -0.1) is 0 Å². The minimum Gasteiger partial charge on any atom is -0.297 e. The fraction of sp³-hybridized carbons (Fsp3) is 0.684. The van der Waals surface area contributed by atoms with Gasteiger partial charge in [0, 0.05) is 13.0 Å². The molecule has 2 fully saturated rings. The molecule has 6 heteroatoms. The number of hydrogen-bond acceptors (Lipinski definition) is 4. The highest BCUT2D eigenvalue weighted by Crippen LogP contribution is 2.33. The van der Waals surface area contributed by atoms with Crippen molar-refractivity contribution in [3.63, 3.8) is 0 Å². The summed E-state index contributed by atoms with van der Waals surface area (Å²) in [6.07, 6.45) is 6.82. The van der Waals surface area contributed by atoms with Gasteiger partial charge in [-0.05, 0) is 40.0 Å². The molecule has 1 saturated heterocycles. The molecule has 2 rings (SSSR count). The molecule has 0 N–H and O–H groups in total. The zero-order chi connectivity index (χ0) is 18.8. The first-order valence-electron chi connectivity index (χ1n) is 8.98. The molecule has 1 saturated carbocycles. The van der Waals surface area contributed by atoms with Crippen LogP contribution in [0.15, 0.2) is 11.6 Å². The van der Waals surface area contributed by atoms with Gasteiger partial charge in [0.25, 0.3) is 0 Å². The molecule has 1 aliphatic heterocycles. The smallest absolute Gasteiger partial charge is 0.297 e. The Morgan fingerprint density at radius 1 is 1.12 bits per heavy atom. The summed E-state index contributed by atoms with van der Waals surface area (Å²) in [5.74, 6) is -1.24. The zero-order valence-electron chi connectivity index (χ0n) is 15.6. The first kappa shape index (κ1) is 19.3. The van der Waals surface area contributed by atoms with E-state index in [2.05, 4.69) is 0 Å². The molecular formula is C19H28N2O4. The van der Waals surface area contributed by atoms with E-state index in [0.717, 1.165) is 47.5 Å². The van der Waals surface area contributed by atoms with Crippen LogP contribution in [0.4, 0.5) is 4.79 Å². The predicted octanol–water partition coefficient (Wildman–Crippen LogP) is 2.92. The molecular weight excluding hydrogens is 320 g/mol. The second-order valence-corrected chi connectivity index (χ2v) is 7.66. The molecule has 0 aromatic carbocycles. The van der Waals surface area contributed by atoms with Gasteiger partial charge in [-0.3, -0.25) is 24.2 Å². The lowest BCUT2D eigenvalue weighted by Gasteiger charge is -2.40. The molecule has 4 amide bonds. The number of Topliss-reactive ketones (excluding diaryl/α,β-unsaturated/α-hetero) is 1. The molecule has 1 unspecified atom stereocenters. The number of nitrogens with zero attached hydrogens (tertiary/aromatic N) is 2. The molecule has 1 heterocycles. The van der Waals surface area contributed by atoms with Crippen LogP contribution in [0, 0.1) is 11.3 Å². The maximum atomic E-state index is 12.9. The monoisotopic (exact) mass is 348 g/mol. The van der Waals surface area contributed by atoms with Gasteiger partial charge in [0.1, 0.15) is 5.41 Å². The summed E-state index contributed by atoms with van der Waals surface area (Å²) >= 11 is 0. The average molecular weight is 348 g/mol. The molecule has 0 bridgehead atoms. The van der Waals surface area contributed by atoms with Gasteiger partial charge in [-0.2, -0.15) is 0 Å². The van der Waals surface area contributed by atoms with E-state index < -0.39 is 23.3 Å². The van der Waals surface area contributed by atoms with Gasteiger partial charge in [0.2, 0.25) is 11.8 Å². The summed E-state index contributed by atoms with van der Waals surface area (Å²) in [5.41, 5.74) is -0.349. The third-order valence-electron chi connectivity index (χ3n) is 5.30. The first-order valence-corrected chi connectivity index (χ1v) is 8.98. The normalized spacial score (nSPS) is 25.4. The Morgan fingerprint density at radius 3 is 2.28 bits per heavy atom. The maximum Gasteiger partial charge on any atom is 0.333 e. The van der Waals surface area contributed by atoms with Crippen molar-refractivity contribution in [2.75, 3.05) is 13.6 Å². The Bertz CT molecular complexity index is 615. The van der Waals surface area contributed by atoms with E-state index in [1.807, 2.05) is 19.9 Å². The molecule has 0 radical (unpaired) electrons. The number of carbonyl (C=O) groups is 4. The van der Waals surface area contributed by atoms with Gasteiger partial charge in [-0.1, -0.05) is 30.9 Å². The van der Waals surface area contributed by atoms with E-state index in [1.165, 1.54) is 7.05 Å². The lowest BCUT2D eigenvalue weighted by Crippen LogP contribution is -2.64. The van der Waals surface area contributed by atoms with Crippen molar-refractivity contribution in [3.8, 4) is 0 Å². The second-order valence-electron chi connectivity index (χ2n) is 7.66. The quantitative estimate of drug-likeness (QED) is 0.565. The Balaban J connectivity index is 2.22. The number of allylic oxidation sites excluding steroid dienone is 2. The summed E-state index contributed by atoms with van der Waals surface area (Å²) < 4.78 is 0. The van der Waals surface area contributed by atoms with E-state index in [0.29, 0.717) is 0 Å². The van der Waals surface area contributed by atoms with E-state index in [9.17, 15) is 19.2 Å². The topological polar surface area (TPSA) is 74.8 Å². The standard InChI is InChI=1S/C19H28N2O4/c1-13(2)10-11-19(3)16(23)20(4)18(25)21(17(19)24)12-15(22)14-8-6-5-7-9-14/h10,14H,5-9,11-12H2,1-4H3. The summed E-state index contributed by atoms with van der Waals surface area (Å²) in [5, 5.41) is 0. The number of imide groups is 2. The third kappa shape index (κ3) is 3.83. The Kier molecular flexibility index (Phi) is 5.80. The number of rotatable bonds is 5. The van der Waals surface area contributed by atoms with Crippen LogP contribution in [0.5, 0.6) is 0 Å². The Labute approximate surface area is 149 Å². The van der Waals surface area contributed by atoms with Crippen molar-refractivity contribution >= 4 is 23.6 Å². The van der Waals surface area contributed by atoms with Gasteiger partial charge < -0.3 is 0 Å². The highest BCUT2D eigenvalue weighted by atomic mass is 16.2. The minimum absolute atomic E-state index is 0.0753. The van der Waals surface area contributed by atoms with Crippen LogP contribution in [0.2, 0.25) is 0 Å². The average Bonchev–Trinajstić information content (AvgIpc) is 2.61. The molecule has 1 aliphatic carbocycles. The van der Waals surface area contributed by atoms with Crippen LogP contribution in [0.3, 0.4) is 0 Å². The molecule has 138 valence electrons. The lowest BCUT2D eigenvalue weighted by atomic mass is 9.81. The van der Waals surface area contributed by atoms with Crippen molar-refractivity contribution < 1.29 is 19.2 Å². The van der Waals surface area contributed by atoms with E-state index in [1.54, 1.807) is 6.92 Å². The summed E-state index contributed by atoms with van der Waals surface area (Å²) in [6, 6.07) is -0.700. The minimum atomic E-state index is -1.34. The van der Waals surface area contributed by atoms with Crippen molar-refractivity contribution in [2.45, 2.75) is 59.3 Å². The van der Waals surface area contributed by atoms with Crippen molar-refractivity contribution in [1.29, 1.82) is 0 Å². The fourth-order valence-corrected chi connectivity index (χ4v) is 3.55. The third-order valence-corrected chi connectivity index (χ3v) is 5.30. The fourth-order valence-electron chi connectivity index (χ4n) is 3.55. The number of urea groups is 1. The van der Waals surface area contributed by atoms with Gasteiger partial charge >= 0.3 is 6.03 Å². The van der Waals surface area contributed by atoms with E-state index in [4.69, 9.17) is 0 Å². The largest absolute Gasteiger partial charge is 0.333 e. The van der Waals surface area contributed by atoms with Crippen molar-refractivity contribution in [3.05, 3.63) is 11.6 Å². The number of carbonyl (C=O) groups excluding carboxylic acids is 4. The molecule has 0 aromatic rings. The summed E-state index contributed by atoms with van der Waals surface area (Å²) in [4.78, 5) is 52.4. The molecule has 6 nitrogen and oxygen atoms in total. The first-order chi connectivity index (χ1) is 11.7. The number of ketones is 1. The Morgan fingerprint density at radius 2 is 1.72 bits per heavy atom. The van der Waals surface area contributed by atoms with Crippen LogP contribution in [-0.4, -0.2) is 47.0 Å². The van der Waals surface area contributed by atoms with E-state index in [-0.39, 0.29) is 24.7 Å². The highest BCUT2D eigenvalue weighted by Gasteiger charge is 2.53. The van der Waals surface area contributed by atoms with Crippen LogP contribution in [0.1, 0.15) is 59.3 Å². The Hall–Kier alpha value is -1.98. The lowest BCUT2D eigenvalue weighted by molar-refractivity contribution is -0.157. The summed E-state index contributed by atoms with van der Waals surface area (Å²) in [6.45, 7) is 5.10. The highest BCUT2D eigenvalue weighted by molar-refractivity contribution is 6.19. The predicted molar refractivity (Wildman–Crippen MR) is 93.6 cm³/mol.